The average Bonchev–Trinajstić information content (AvgIpc) is 2.86. The number of fused-ring (bicyclic) bond motifs is 1. The van der Waals surface area contributed by atoms with Gasteiger partial charge >= 0.3 is 0 Å². The molecule has 0 aliphatic rings. The standard InChI is InChI=1S/C14H11N3OS/c1-9-4-2-3-5-11(9)14(18)15-10-6-7-12-13(8-10)17-19-16-12/h2-8H,1H3,(H,15,18). The minimum Gasteiger partial charge on any atom is -0.322 e. The molecular formula is C14H11N3OS. The largest absolute Gasteiger partial charge is 0.322 e. The molecule has 0 aliphatic heterocycles. The number of aryl methyl sites for hydroxylation is 1. The summed E-state index contributed by atoms with van der Waals surface area (Å²) in [7, 11) is 0. The minimum atomic E-state index is -0.111. The number of hydrogen-bond donors (Lipinski definition) is 1. The van der Waals surface area contributed by atoms with Gasteiger partial charge in [-0.3, -0.25) is 4.79 Å². The van der Waals surface area contributed by atoms with Crippen molar-refractivity contribution in [3.63, 3.8) is 0 Å². The molecule has 3 aromatic rings. The maximum atomic E-state index is 12.2. The number of carbonyl (C=O) groups excluding carboxylic acids is 1. The number of carbonyl (C=O) groups is 1. The highest BCUT2D eigenvalue weighted by molar-refractivity contribution is 7.00. The molecule has 0 atom stereocenters. The Labute approximate surface area is 114 Å². The molecule has 0 unspecified atom stereocenters. The molecule has 0 saturated carbocycles. The van der Waals surface area contributed by atoms with Crippen molar-refractivity contribution in [1.29, 1.82) is 0 Å². The van der Waals surface area contributed by atoms with E-state index in [2.05, 4.69) is 14.1 Å². The monoisotopic (exact) mass is 269 g/mol. The summed E-state index contributed by atoms with van der Waals surface area (Å²) in [5.41, 5.74) is 4.01. The molecule has 0 radical (unpaired) electrons. The molecule has 0 aliphatic carbocycles. The number of anilines is 1. The van der Waals surface area contributed by atoms with E-state index in [9.17, 15) is 4.79 Å². The van der Waals surface area contributed by atoms with Crippen LogP contribution in [0.15, 0.2) is 42.5 Å². The van der Waals surface area contributed by atoms with E-state index >= 15 is 0 Å². The zero-order chi connectivity index (χ0) is 13.2. The molecular weight excluding hydrogens is 258 g/mol. The molecule has 5 heteroatoms. The van der Waals surface area contributed by atoms with Crippen LogP contribution in [0.25, 0.3) is 11.0 Å². The number of benzene rings is 2. The number of aromatic nitrogens is 2. The van der Waals surface area contributed by atoms with Crippen molar-refractivity contribution in [2.24, 2.45) is 0 Å². The van der Waals surface area contributed by atoms with Crippen LogP contribution in [-0.2, 0) is 0 Å². The number of hydrogen-bond acceptors (Lipinski definition) is 4. The van der Waals surface area contributed by atoms with Crippen molar-refractivity contribution in [2.45, 2.75) is 6.92 Å². The molecule has 0 fully saturated rings. The molecule has 1 heterocycles. The van der Waals surface area contributed by atoms with Crippen molar-refractivity contribution < 1.29 is 4.79 Å². The van der Waals surface area contributed by atoms with E-state index in [-0.39, 0.29) is 5.91 Å². The third-order valence-electron chi connectivity index (χ3n) is 2.90. The van der Waals surface area contributed by atoms with Gasteiger partial charge in [0, 0.05) is 11.3 Å². The first kappa shape index (κ1) is 11.8. The Morgan fingerprint density at radius 3 is 2.74 bits per heavy atom. The molecule has 1 aromatic heterocycles. The normalized spacial score (nSPS) is 10.6. The van der Waals surface area contributed by atoms with Gasteiger partial charge < -0.3 is 5.32 Å². The Morgan fingerprint density at radius 2 is 1.89 bits per heavy atom. The first-order chi connectivity index (χ1) is 9.24. The van der Waals surface area contributed by atoms with Gasteiger partial charge in [-0.25, -0.2) is 0 Å². The fraction of sp³-hybridized carbons (Fsp3) is 0.0714. The third-order valence-corrected chi connectivity index (χ3v) is 3.46. The van der Waals surface area contributed by atoms with Crippen molar-refractivity contribution >= 4 is 34.4 Å². The smallest absolute Gasteiger partial charge is 0.255 e. The predicted molar refractivity (Wildman–Crippen MR) is 76.5 cm³/mol. The van der Waals surface area contributed by atoms with E-state index in [0.717, 1.165) is 22.3 Å². The first-order valence-electron chi connectivity index (χ1n) is 5.83. The van der Waals surface area contributed by atoms with Gasteiger partial charge in [0.05, 0.1) is 11.7 Å². The molecule has 1 N–H and O–H groups in total. The second kappa shape index (κ2) is 4.78. The molecule has 1 amide bonds. The van der Waals surface area contributed by atoms with Crippen molar-refractivity contribution in [2.75, 3.05) is 5.32 Å². The van der Waals surface area contributed by atoms with E-state index in [0.29, 0.717) is 5.56 Å². The quantitative estimate of drug-likeness (QED) is 0.777. The Hall–Kier alpha value is -2.27. The third kappa shape index (κ3) is 2.32. The minimum absolute atomic E-state index is 0.111. The number of amides is 1. The first-order valence-corrected chi connectivity index (χ1v) is 6.56. The maximum Gasteiger partial charge on any atom is 0.255 e. The van der Waals surface area contributed by atoms with Gasteiger partial charge in [-0.2, -0.15) is 8.75 Å². The Balaban J connectivity index is 1.88. The molecule has 0 saturated heterocycles. The highest BCUT2D eigenvalue weighted by Crippen LogP contribution is 2.18. The summed E-state index contributed by atoms with van der Waals surface area (Å²) in [6.45, 7) is 1.92. The van der Waals surface area contributed by atoms with Crippen LogP contribution in [0.2, 0.25) is 0 Å². The molecule has 0 spiro atoms. The molecule has 0 bridgehead atoms. The summed E-state index contributed by atoms with van der Waals surface area (Å²) in [5, 5.41) is 2.88. The Bertz CT molecular complexity index is 751. The number of nitrogens with zero attached hydrogens (tertiary/aromatic N) is 2. The van der Waals surface area contributed by atoms with Crippen LogP contribution in [0.1, 0.15) is 15.9 Å². The van der Waals surface area contributed by atoms with Crippen molar-refractivity contribution in [3.8, 4) is 0 Å². The van der Waals surface area contributed by atoms with E-state index in [4.69, 9.17) is 0 Å². The van der Waals surface area contributed by atoms with Crippen LogP contribution in [0.5, 0.6) is 0 Å². The number of rotatable bonds is 2. The summed E-state index contributed by atoms with van der Waals surface area (Å²) in [4.78, 5) is 12.2. The lowest BCUT2D eigenvalue weighted by Gasteiger charge is -2.07. The highest BCUT2D eigenvalue weighted by Gasteiger charge is 2.09. The van der Waals surface area contributed by atoms with E-state index in [1.807, 2.05) is 49.4 Å². The van der Waals surface area contributed by atoms with E-state index < -0.39 is 0 Å². The zero-order valence-electron chi connectivity index (χ0n) is 10.3. The summed E-state index contributed by atoms with van der Waals surface area (Å²) in [6.07, 6.45) is 0. The van der Waals surface area contributed by atoms with Gasteiger partial charge in [0.1, 0.15) is 11.0 Å². The van der Waals surface area contributed by atoms with E-state index in [1.165, 1.54) is 11.7 Å². The lowest BCUT2D eigenvalue weighted by molar-refractivity contribution is 0.102. The lowest BCUT2D eigenvalue weighted by Crippen LogP contribution is -2.13. The Morgan fingerprint density at radius 1 is 1.11 bits per heavy atom. The highest BCUT2D eigenvalue weighted by atomic mass is 32.1. The molecule has 4 nitrogen and oxygen atoms in total. The second-order valence-electron chi connectivity index (χ2n) is 4.24. The summed E-state index contributed by atoms with van der Waals surface area (Å²) in [6, 6.07) is 13.0. The van der Waals surface area contributed by atoms with Gasteiger partial charge in [0.25, 0.3) is 5.91 Å². The van der Waals surface area contributed by atoms with Crippen LogP contribution in [-0.4, -0.2) is 14.7 Å². The summed E-state index contributed by atoms with van der Waals surface area (Å²) in [5.74, 6) is -0.111. The second-order valence-corrected chi connectivity index (χ2v) is 4.77. The number of nitrogens with one attached hydrogen (secondary N) is 1. The van der Waals surface area contributed by atoms with Crippen LogP contribution in [0, 0.1) is 6.92 Å². The van der Waals surface area contributed by atoms with Crippen LogP contribution < -0.4 is 5.32 Å². The van der Waals surface area contributed by atoms with Gasteiger partial charge in [-0.15, -0.1) is 0 Å². The van der Waals surface area contributed by atoms with Crippen molar-refractivity contribution in [3.05, 3.63) is 53.6 Å². The van der Waals surface area contributed by atoms with Crippen LogP contribution >= 0.6 is 11.7 Å². The maximum absolute atomic E-state index is 12.2. The summed E-state index contributed by atoms with van der Waals surface area (Å²) < 4.78 is 8.29. The van der Waals surface area contributed by atoms with E-state index in [1.54, 1.807) is 0 Å². The summed E-state index contributed by atoms with van der Waals surface area (Å²) >= 11 is 1.17. The van der Waals surface area contributed by atoms with Gasteiger partial charge in [-0.1, -0.05) is 18.2 Å². The average molecular weight is 269 g/mol. The van der Waals surface area contributed by atoms with Crippen LogP contribution in [0.3, 0.4) is 0 Å². The predicted octanol–water partition coefficient (Wildman–Crippen LogP) is 3.25. The fourth-order valence-electron chi connectivity index (χ4n) is 1.89. The molecule has 3 rings (SSSR count). The van der Waals surface area contributed by atoms with Gasteiger partial charge in [-0.05, 0) is 36.8 Å². The van der Waals surface area contributed by atoms with Gasteiger partial charge in [0.2, 0.25) is 0 Å². The van der Waals surface area contributed by atoms with Gasteiger partial charge in [0.15, 0.2) is 0 Å². The zero-order valence-corrected chi connectivity index (χ0v) is 11.1. The lowest BCUT2D eigenvalue weighted by atomic mass is 10.1. The molecule has 2 aromatic carbocycles. The fourth-order valence-corrected chi connectivity index (χ4v) is 2.40. The molecule has 19 heavy (non-hydrogen) atoms. The Kier molecular flexibility index (Phi) is 2.97. The van der Waals surface area contributed by atoms with Crippen molar-refractivity contribution in [1.82, 2.24) is 8.75 Å². The SMILES string of the molecule is Cc1ccccc1C(=O)Nc1ccc2nsnc2c1. The topological polar surface area (TPSA) is 54.9 Å². The van der Waals surface area contributed by atoms with Crippen LogP contribution in [0.4, 0.5) is 5.69 Å². The molecule has 94 valence electrons.